The highest BCUT2D eigenvalue weighted by molar-refractivity contribution is 7.17. The summed E-state index contributed by atoms with van der Waals surface area (Å²) in [5.41, 5.74) is 1.46. The minimum Gasteiger partial charge on any atom is -0.348 e. The van der Waals surface area contributed by atoms with Crippen LogP contribution in [0.1, 0.15) is 68.6 Å². The molecule has 1 aromatic heterocycles. The average molecular weight is 610 g/mol. The second-order valence-corrected chi connectivity index (χ2v) is 11.4. The second kappa shape index (κ2) is 14.5. The van der Waals surface area contributed by atoms with E-state index in [2.05, 4.69) is 18.7 Å². The van der Waals surface area contributed by atoms with Gasteiger partial charge in [0.05, 0.1) is 10.6 Å². The molecule has 0 radical (unpaired) electrons. The molecule has 1 aliphatic heterocycles. The van der Waals surface area contributed by atoms with Gasteiger partial charge < -0.3 is 4.90 Å². The van der Waals surface area contributed by atoms with Crippen molar-refractivity contribution in [1.29, 1.82) is 5.26 Å². The molecule has 0 atom stereocenters. The number of benzene rings is 2. The molecule has 0 fully saturated rings. The van der Waals surface area contributed by atoms with Gasteiger partial charge in [-0.3, -0.25) is 19.2 Å². The molecule has 1 aliphatic rings. The molecule has 4 rings (SSSR count). The molecule has 4 amide bonds. The van der Waals surface area contributed by atoms with Crippen LogP contribution in [-0.2, 0) is 14.4 Å². The first-order valence-corrected chi connectivity index (χ1v) is 15.5. The first-order valence-electron chi connectivity index (χ1n) is 14.7. The van der Waals surface area contributed by atoms with Crippen molar-refractivity contribution in [2.24, 2.45) is 0 Å². The van der Waals surface area contributed by atoms with Crippen LogP contribution in [0.4, 0.5) is 5.13 Å². The van der Waals surface area contributed by atoms with Crippen LogP contribution in [0.3, 0.4) is 0 Å². The van der Waals surface area contributed by atoms with E-state index in [0.29, 0.717) is 20.6 Å². The highest BCUT2D eigenvalue weighted by Gasteiger charge is 2.43. The van der Waals surface area contributed by atoms with Crippen molar-refractivity contribution in [2.75, 3.05) is 18.0 Å². The van der Waals surface area contributed by atoms with Gasteiger partial charge in [0.1, 0.15) is 11.6 Å². The fraction of sp³-hybridized carbons (Fsp3) is 0.294. The van der Waals surface area contributed by atoms with Crippen molar-refractivity contribution in [1.82, 2.24) is 15.0 Å². The fourth-order valence-electron chi connectivity index (χ4n) is 4.82. The Labute approximate surface area is 261 Å². The van der Waals surface area contributed by atoms with Gasteiger partial charge in [-0.2, -0.15) is 15.3 Å². The third-order valence-corrected chi connectivity index (χ3v) is 8.29. The molecule has 2 heterocycles. The molecule has 0 bridgehead atoms. The Morgan fingerprint density at radius 3 is 2.09 bits per heavy atom. The molecule has 3 aromatic rings. The largest absolute Gasteiger partial charge is 0.348 e. The number of thiazole rings is 1. The van der Waals surface area contributed by atoms with Crippen LogP contribution in [0.15, 0.2) is 77.4 Å². The number of carbonyl (C=O) groups excluding carboxylic acids is 4. The number of hydrazine groups is 1. The summed E-state index contributed by atoms with van der Waals surface area (Å²) in [6, 6.07) is 19.3. The first-order chi connectivity index (χ1) is 21.2. The smallest absolute Gasteiger partial charge is 0.291 e. The Kier molecular flexibility index (Phi) is 10.6. The summed E-state index contributed by atoms with van der Waals surface area (Å²) in [6.07, 6.45) is 5.68. The van der Waals surface area contributed by atoms with Crippen LogP contribution >= 0.6 is 11.3 Å². The monoisotopic (exact) mass is 609 g/mol. The number of rotatable bonds is 11. The summed E-state index contributed by atoms with van der Waals surface area (Å²) in [5.74, 6) is -3.62. The van der Waals surface area contributed by atoms with Crippen LogP contribution in [0, 0.1) is 11.3 Å². The standard InChI is InChI=1S/C34H35N5O4S/c1-5-7-19-37(20-8-6-2)34-36-30(25-15-11-9-12-16-25)29(44-34)21-27-23(3)28(22-35)33(43)39(32(27)42)38(24(4)40)31(41)26-17-13-10-14-18-26/h9-18,21H,5-8,19-20H2,1-4H3/b27-21-. The van der Waals surface area contributed by atoms with Crippen molar-refractivity contribution in [3.05, 3.63) is 87.8 Å². The SMILES string of the molecule is CCCCN(CCCC)c1nc(-c2ccccc2)c(/C=C2\C(=O)N(N(C(C)=O)C(=O)c3ccccc3)C(=O)C(C#N)=C2C)s1. The Morgan fingerprint density at radius 2 is 1.55 bits per heavy atom. The minimum atomic E-state index is -1.04. The highest BCUT2D eigenvalue weighted by Crippen LogP contribution is 2.37. The number of hydrogen-bond acceptors (Lipinski definition) is 8. The molecule has 0 saturated heterocycles. The van der Waals surface area contributed by atoms with Crippen molar-refractivity contribution in [3.63, 3.8) is 0 Å². The maximum absolute atomic E-state index is 14.1. The molecular formula is C34H35N5O4S. The highest BCUT2D eigenvalue weighted by atomic mass is 32.1. The van der Waals surface area contributed by atoms with E-state index in [1.165, 1.54) is 30.4 Å². The molecule has 0 saturated carbocycles. The molecule has 0 unspecified atom stereocenters. The van der Waals surface area contributed by atoms with Crippen molar-refractivity contribution in [3.8, 4) is 17.3 Å². The lowest BCUT2D eigenvalue weighted by atomic mass is 9.95. The van der Waals surface area contributed by atoms with E-state index in [1.807, 2.05) is 36.4 Å². The van der Waals surface area contributed by atoms with Crippen LogP contribution in [0.2, 0.25) is 0 Å². The number of unbranched alkanes of at least 4 members (excludes halogenated alkanes) is 2. The maximum atomic E-state index is 14.1. The topological polar surface area (TPSA) is 115 Å². The first kappa shape index (κ1) is 32.0. The number of amides is 4. The molecule has 9 nitrogen and oxygen atoms in total. The van der Waals surface area contributed by atoms with Gasteiger partial charge in [0.2, 0.25) is 5.91 Å². The zero-order valence-electron chi connectivity index (χ0n) is 25.4. The molecule has 226 valence electrons. The quantitative estimate of drug-likeness (QED) is 0.182. The minimum absolute atomic E-state index is 0.0225. The summed E-state index contributed by atoms with van der Waals surface area (Å²) in [6.45, 7) is 8.56. The Hall–Kier alpha value is -4.88. The summed E-state index contributed by atoms with van der Waals surface area (Å²) in [4.78, 5) is 61.7. The fourth-order valence-corrected chi connectivity index (χ4v) is 5.90. The predicted molar refractivity (Wildman–Crippen MR) is 171 cm³/mol. The number of imide groups is 2. The van der Waals surface area contributed by atoms with Crippen molar-refractivity contribution in [2.45, 2.75) is 53.4 Å². The van der Waals surface area contributed by atoms with Gasteiger partial charge >= 0.3 is 0 Å². The van der Waals surface area contributed by atoms with Gasteiger partial charge in [-0.05, 0) is 43.5 Å². The Morgan fingerprint density at radius 1 is 0.955 bits per heavy atom. The van der Waals surface area contributed by atoms with Gasteiger partial charge in [-0.15, -0.1) is 0 Å². The zero-order chi connectivity index (χ0) is 31.8. The number of hydrogen-bond donors (Lipinski definition) is 0. The zero-order valence-corrected chi connectivity index (χ0v) is 26.2. The van der Waals surface area contributed by atoms with Gasteiger partial charge in [0.15, 0.2) is 5.13 Å². The Bertz CT molecular complexity index is 1650. The second-order valence-electron chi connectivity index (χ2n) is 10.4. The summed E-state index contributed by atoms with van der Waals surface area (Å²) < 4.78 is 0. The van der Waals surface area contributed by atoms with Crippen LogP contribution in [0.5, 0.6) is 0 Å². The average Bonchev–Trinajstić information content (AvgIpc) is 3.45. The normalized spacial score (nSPS) is 14.2. The van der Waals surface area contributed by atoms with Crippen LogP contribution in [-0.4, -0.2) is 51.7 Å². The number of anilines is 1. The van der Waals surface area contributed by atoms with Crippen LogP contribution < -0.4 is 4.90 Å². The summed E-state index contributed by atoms with van der Waals surface area (Å²) in [7, 11) is 0. The van der Waals surface area contributed by atoms with E-state index < -0.39 is 23.6 Å². The number of carbonyl (C=O) groups is 4. The van der Waals surface area contributed by atoms with Crippen LogP contribution in [0.25, 0.3) is 17.3 Å². The molecule has 2 aromatic carbocycles. The third-order valence-electron chi connectivity index (χ3n) is 7.23. The van der Waals surface area contributed by atoms with Gasteiger partial charge in [0.25, 0.3) is 17.7 Å². The van der Waals surface area contributed by atoms with E-state index in [4.69, 9.17) is 4.98 Å². The summed E-state index contributed by atoms with van der Waals surface area (Å²) in [5, 5.41) is 11.8. The Balaban J connectivity index is 1.88. The lowest BCUT2D eigenvalue weighted by Crippen LogP contribution is -2.57. The van der Waals surface area contributed by atoms with E-state index in [0.717, 1.165) is 56.4 Å². The van der Waals surface area contributed by atoms with Gasteiger partial charge in [0, 0.05) is 36.7 Å². The van der Waals surface area contributed by atoms with E-state index in [9.17, 15) is 24.4 Å². The molecule has 10 heteroatoms. The van der Waals surface area contributed by atoms with Gasteiger partial charge in [-0.25, -0.2) is 4.98 Å². The van der Waals surface area contributed by atoms with Crippen molar-refractivity contribution >= 4 is 46.2 Å². The number of aromatic nitrogens is 1. The molecule has 0 N–H and O–H groups in total. The predicted octanol–water partition coefficient (Wildman–Crippen LogP) is 6.41. The number of nitriles is 1. The van der Waals surface area contributed by atoms with E-state index in [1.54, 1.807) is 24.3 Å². The molecule has 0 spiro atoms. The lowest BCUT2D eigenvalue weighted by molar-refractivity contribution is -0.163. The molecule has 0 aliphatic carbocycles. The van der Waals surface area contributed by atoms with Crippen molar-refractivity contribution < 1.29 is 19.2 Å². The molecular weight excluding hydrogens is 574 g/mol. The lowest BCUT2D eigenvalue weighted by Gasteiger charge is -2.34. The van der Waals surface area contributed by atoms with E-state index >= 15 is 0 Å². The van der Waals surface area contributed by atoms with Gasteiger partial charge in [-0.1, -0.05) is 86.6 Å². The molecule has 44 heavy (non-hydrogen) atoms. The third kappa shape index (κ3) is 6.68. The summed E-state index contributed by atoms with van der Waals surface area (Å²) >= 11 is 1.42. The maximum Gasteiger partial charge on any atom is 0.291 e. The van der Waals surface area contributed by atoms with E-state index in [-0.39, 0.29) is 22.3 Å². The number of nitrogens with zero attached hydrogens (tertiary/aromatic N) is 5.